The van der Waals surface area contributed by atoms with Gasteiger partial charge in [0.1, 0.15) is 11.5 Å². The van der Waals surface area contributed by atoms with Crippen LogP contribution in [-0.2, 0) is 29.2 Å². The van der Waals surface area contributed by atoms with Crippen LogP contribution in [0.3, 0.4) is 0 Å². The molecule has 1 aromatic rings. The predicted molar refractivity (Wildman–Crippen MR) is 204 cm³/mol. The van der Waals surface area contributed by atoms with E-state index in [0.717, 1.165) is 64.2 Å². The molecule has 6 nitrogen and oxygen atoms in total. The van der Waals surface area contributed by atoms with Crippen molar-refractivity contribution in [3.05, 3.63) is 92.1 Å². The maximum atomic E-state index is 11.9. The molecule has 0 saturated heterocycles. The summed E-state index contributed by atoms with van der Waals surface area (Å²) in [6.07, 6.45) is 24.9. The summed E-state index contributed by atoms with van der Waals surface area (Å²) >= 11 is 0. The molecule has 1 aromatic carbocycles. The van der Waals surface area contributed by atoms with Crippen molar-refractivity contribution in [2.45, 2.75) is 153 Å². The quantitative estimate of drug-likeness (QED) is 0.0765. The minimum Gasteiger partial charge on any atom is -0.426 e. The molecule has 0 radical (unpaired) electrons. The molecule has 0 bridgehead atoms. The highest BCUT2D eigenvalue weighted by molar-refractivity contribution is 5.75. The molecule has 0 aliphatic heterocycles. The minimum absolute atomic E-state index is 0.199. The Hall–Kier alpha value is -3.48. The Kier molecular flexibility index (Phi) is 21.2. The number of aliphatic hydroxyl groups excluding tert-OH is 2. The molecule has 0 aliphatic carbocycles. The van der Waals surface area contributed by atoms with E-state index in [-0.39, 0.29) is 22.6 Å². The predicted octanol–water partition coefficient (Wildman–Crippen LogP) is 11.0. The van der Waals surface area contributed by atoms with Crippen LogP contribution in [0.4, 0.5) is 0 Å². The zero-order valence-electron chi connectivity index (χ0n) is 32.2. The van der Waals surface area contributed by atoms with Gasteiger partial charge in [-0.15, -0.1) is 0 Å². The fourth-order valence-electron chi connectivity index (χ4n) is 5.68. The topological polar surface area (TPSA) is 93.1 Å². The van der Waals surface area contributed by atoms with Gasteiger partial charge in [0.05, 0.1) is 13.2 Å². The minimum atomic E-state index is -0.536. The number of esters is 2. The van der Waals surface area contributed by atoms with E-state index in [1.165, 1.54) is 47.3 Å². The Labute approximate surface area is 297 Å². The van der Waals surface area contributed by atoms with Crippen LogP contribution in [0.25, 0.3) is 0 Å². The van der Waals surface area contributed by atoms with Gasteiger partial charge in [0, 0.05) is 30.5 Å². The first kappa shape index (κ1) is 43.5. The van der Waals surface area contributed by atoms with E-state index in [4.69, 9.17) is 9.47 Å². The molecule has 49 heavy (non-hydrogen) atoms. The Morgan fingerprint density at radius 1 is 0.490 bits per heavy atom. The van der Waals surface area contributed by atoms with E-state index in [0.29, 0.717) is 17.5 Å². The largest absolute Gasteiger partial charge is 0.426 e. The van der Waals surface area contributed by atoms with Gasteiger partial charge in [0.2, 0.25) is 0 Å². The summed E-state index contributed by atoms with van der Waals surface area (Å²) in [5.74, 6) is -0.657. The Balaban J connectivity index is 2.69. The summed E-state index contributed by atoms with van der Waals surface area (Å²) in [4.78, 5) is 23.7. The summed E-state index contributed by atoms with van der Waals surface area (Å²) in [5, 5.41) is 20.1. The zero-order valence-corrected chi connectivity index (χ0v) is 32.2. The van der Waals surface area contributed by atoms with Crippen LogP contribution in [0, 0.1) is 6.92 Å². The first-order chi connectivity index (χ1) is 23.2. The molecule has 0 amide bonds. The lowest BCUT2D eigenvalue weighted by Crippen LogP contribution is -2.14. The van der Waals surface area contributed by atoms with Crippen LogP contribution in [0.15, 0.2) is 69.9 Å². The third-order valence-electron chi connectivity index (χ3n) is 8.66. The summed E-state index contributed by atoms with van der Waals surface area (Å²) in [5.41, 5.74) is 10.1. The molecule has 0 spiro atoms. The lowest BCUT2D eigenvalue weighted by molar-refractivity contribution is -0.133. The van der Waals surface area contributed by atoms with E-state index in [9.17, 15) is 19.8 Å². The lowest BCUT2D eigenvalue weighted by Gasteiger charge is -2.22. The summed E-state index contributed by atoms with van der Waals surface area (Å²) in [6, 6.07) is 0. The van der Waals surface area contributed by atoms with Crippen molar-refractivity contribution < 1.29 is 29.3 Å². The van der Waals surface area contributed by atoms with Gasteiger partial charge in [0.25, 0.3) is 0 Å². The van der Waals surface area contributed by atoms with Crippen molar-refractivity contribution in [2.75, 3.05) is 0 Å². The number of hydrogen-bond acceptors (Lipinski definition) is 6. The van der Waals surface area contributed by atoms with Crippen molar-refractivity contribution in [2.24, 2.45) is 0 Å². The van der Waals surface area contributed by atoms with Crippen molar-refractivity contribution in [3.63, 3.8) is 0 Å². The Morgan fingerprint density at radius 2 is 0.816 bits per heavy atom. The van der Waals surface area contributed by atoms with E-state index in [2.05, 4.69) is 84.9 Å². The third kappa shape index (κ3) is 17.7. The van der Waals surface area contributed by atoms with Gasteiger partial charge < -0.3 is 19.7 Å². The van der Waals surface area contributed by atoms with Crippen molar-refractivity contribution >= 4 is 11.9 Å². The van der Waals surface area contributed by atoms with Crippen molar-refractivity contribution in [1.29, 1.82) is 0 Å². The van der Waals surface area contributed by atoms with Crippen LogP contribution in [0.1, 0.15) is 149 Å². The molecule has 6 heteroatoms. The fraction of sp³-hybridized carbons (Fsp3) is 0.535. The van der Waals surface area contributed by atoms with Crippen LogP contribution >= 0.6 is 0 Å². The Bertz CT molecular complexity index is 1430. The average Bonchev–Trinajstić information content (AvgIpc) is 3.01. The van der Waals surface area contributed by atoms with Gasteiger partial charge >= 0.3 is 11.9 Å². The van der Waals surface area contributed by atoms with Gasteiger partial charge in [-0.2, -0.15) is 0 Å². The number of allylic oxidation sites excluding steroid dienone is 12. The van der Waals surface area contributed by atoms with Gasteiger partial charge in [-0.3, -0.25) is 9.59 Å². The highest BCUT2D eigenvalue weighted by atomic mass is 16.5. The molecule has 0 unspecified atom stereocenters. The molecule has 272 valence electrons. The second-order valence-corrected chi connectivity index (χ2v) is 13.7. The monoisotopic (exact) mass is 676 g/mol. The second-order valence-electron chi connectivity index (χ2n) is 13.7. The fourth-order valence-corrected chi connectivity index (χ4v) is 5.68. The number of carbonyl (C=O) groups is 2. The van der Waals surface area contributed by atoms with E-state index in [1.807, 2.05) is 0 Å². The molecule has 1 rings (SSSR count). The number of aliphatic hydroxyl groups is 2. The summed E-state index contributed by atoms with van der Waals surface area (Å²) < 4.78 is 10.9. The van der Waals surface area contributed by atoms with Crippen LogP contribution < -0.4 is 9.47 Å². The first-order valence-electron chi connectivity index (χ1n) is 17.9. The number of benzene rings is 1. The molecule has 0 atom stereocenters. The highest BCUT2D eigenvalue weighted by Crippen LogP contribution is 2.40. The molecule has 0 aliphatic rings. The molecule has 0 saturated carbocycles. The average molecular weight is 677 g/mol. The smallest absolute Gasteiger partial charge is 0.308 e. The number of ether oxygens (including phenoxy) is 2. The van der Waals surface area contributed by atoms with Crippen LogP contribution in [-0.4, -0.2) is 22.2 Å². The van der Waals surface area contributed by atoms with E-state index >= 15 is 0 Å². The maximum Gasteiger partial charge on any atom is 0.308 e. The third-order valence-corrected chi connectivity index (χ3v) is 8.66. The zero-order chi connectivity index (χ0) is 36.9. The molecule has 0 fully saturated rings. The van der Waals surface area contributed by atoms with E-state index < -0.39 is 25.2 Å². The standard InChI is InChI=1S/C43H64O6/c1-30(2)16-11-17-31(3)18-12-19-32(4)20-13-21-33(5)22-14-23-34(6)24-15-25-35(7)26-27-39-36(8)42(48-37(9)46)40(28-44)41(29-45)43(39)49-38(10)47/h16,18,20,22,24,26,44-45H,11-15,17,19,21,23,25,27-29H2,1-10H3/b31-18+,32-20+,33-22+,34-24+,35-26+. The molecular formula is C43H64O6. The molecule has 0 heterocycles. The van der Waals surface area contributed by atoms with Gasteiger partial charge in [-0.25, -0.2) is 0 Å². The first-order valence-corrected chi connectivity index (χ1v) is 17.9. The number of rotatable bonds is 21. The van der Waals surface area contributed by atoms with Gasteiger partial charge in [-0.05, 0) is 132 Å². The summed E-state index contributed by atoms with van der Waals surface area (Å²) in [6.45, 7) is 18.7. The van der Waals surface area contributed by atoms with E-state index in [1.54, 1.807) is 6.92 Å². The maximum absolute atomic E-state index is 11.9. The number of hydrogen-bond donors (Lipinski definition) is 2. The molecule has 2 N–H and O–H groups in total. The highest BCUT2D eigenvalue weighted by Gasteiger charge is 2.25. The van der Waals surface area contributed by atoms with Gasteiger partial charge in [0.15, 0.2) is 0 Å². The van der Waals surface area contributed by atoms with Crippen molar-refractivity contribution in [3.8, 4) is 11.5 Å². The lowest BCUT2D eigenvalue weighted by atomic mass is 9.93. The SMILES string of the molecule is CC(=O)Oc1c(C)c(C/C=C(\C)CC/C=C(\C)CC/C=C(\C)CC/C=C(\C)CC/C=C(\C)CCC=C(C)C)c(OC(C)=O)c(CO)c1CO. The normalized spacial score (nSPS) is 13.1. The van der Waals surface area contributed by atoms with Gasteiger partial charge in [-0.1, -0.05) is 69.9 Å². The summed E-state index contributed by atoms with van der Waals surface area (Å²) in [7, 11) is 0. The number of carbonyl (C=O) groups excluding carboxylic acids is 2. The second kappa shape index (κ2) is 23.8. The van der Waals surface area contributed by atoms with Crippen molar-refractivity contribution in [1.82, 2.24) is 0 Å². The van der Waals surface area contributed by atoms with Crippen LogP contribution in [0.5, 0.6) is 11.5 Å². The molecular weight excluding hydrogens is 612 g/mol. The molecule has 0 aromatic heterocycles. The Morgan fingerprint density at radius 3 is 1.16 bits per heavy atom. The van der Waals surface area contributed by atoms with Crippen LogP contribution in [0.2, 0.25) is 0 Å².